The molecule has 0 bridgehead atoms. The summed E-state index contributed by atoms with van der Waals surface area (Å²) in [5, 5.41) is 7.54. The Morgan fingerprint density at radius 2 is 2.25 bits per heavy atom. The molecule has 2 heterocycles. The van der Waals surface area contributed by atoms with Gasteiger partial charge in [-0.1, -0.05) is 5.21 Å². The number of piperidine rings is 1. The van der Waals surface area contributed by atoms with Gasteiger partial charge in [0.25, 0.3) is 0 Å². The topological polar surface area (TPSA) is 77.3 Å². The Kier molecular flexibility index (Phi) is 5.09. The Bertz CT molecular complexity index is 446. The minimum absolute atomic E-state index is 0.0283. The van der Waals surface area contributed by atoms with Crippen molar-refractivity contribution in [3.05, 3.63) is 12.4 Å². The van der Waals surface area contributed by atoms with Gasteiger partial charge in [0.15, 0.2) is 0 Å². The number of hydrogen-bond donors (Lipinski definition) is 0. The lowest BCUT2D eigenvalue weighted by Gasteiger charge is -2.35. The maximum Gasteiger partial charge on any atom is 0.307 e. The number of ether oxygens (including phenoxy) is 1. The van der Waals surface area contributed by atoms with E-state index >= 15 is 0 Å². The molecule has 0 saturated carbocycles. The van der Waals surface area contributed by atoms with Crippen LogP contribution >= 0.6 is 0 Å². The van der Waals surface area contributed by atoms with Crippen LogP contribution in [-0.2, 0) is 20.9 Å². The first-order valence-corrected chi connectivity index (χ1v) is 6.91. The maximum absolute atomic E-state index is 12.3. The number of aromatic nitrogens is 3. The van der Waals surface area contributed by atoms with Crippen molar-refractivity contribution < 1.29 is 14.3 Å². The average Bonchev–Trinajstić information content (AvgIpc) is 2.98. The number of methoxy groups -OCH3 is 1. The highest BCUT2D eigenvalue weighted by Crippen LogP contribution is 2.21. The second-order valence-electron chi connectivity index (χ2n) is 4.93. The predicted molar refractivity (Wildman–Crippen MR) is 70.6 cm³/mol. The summed E-state index contributed by atoms with van der Waals surface area (Å²) in [5.41, 5.74) is 0. The lowest BCUT2D eigenvalue weighted by Crippen LogP contribution is -2.45. The van der Waals surface area contributed by atoms with Crippen molar-refractivity contribution in [2.24, 2.45) is 0 Å². The summed E-state index contributed by atoms with van der Waals surface area (Å²) >= 11 is 0. The molecule has 0 aliphatic carbocycles. The van der Waals surface area contributed by atoms with Crippen LogP contribution in [0.15, 0.2) is 12.4 Å². The first kappa shape index (κ1) is 14.5. The van der Waals surface area contributed by atoms with E-state index in [2.05, 4.69) is 10.3 Å². The molecule has 2 rings (SSSR count). The largest absolute Gasteiger partial charge is 0.469 e. The highest BCUT2D eigenvalue weighted by molar-refractivity contribution is 5.78. The number of nitrogens with zero attached hydrogens (tertiary/aromatic N) is 4. The van der Waals surface area contributed by atoms with E-state index in [4.69, 9.17) is 4.74 Å². The Hall–Kier alpha value is -1.92. The van der Waals surface area contributed by atoms with Crippen molar-refractivity contribution in [2.45, 2.75) is 44.7 Å². The Morgan fingerprint density at radius 1 is 1.40 bits per heavy atom. The normalized spacial score (nSPS) is 18.9. The van der Waals surface area contributed by atoms with Gasteiger partial charge in [-0.2, -0.15) is 0 Å². The molecule has 1 amide bonds. The molecule has 1 aliphatic heterocycles. The van der Waals surface area contributed by atoms with Crippen LogP contribution in [0.25, 0.3) is 0 Å². The van der Waals surface area contributed by atoms with Gasteiger partial charge in [-0.05, 0) is 19.3 Å². The molecular formula is C13H20N4O3. The SMILES string of the molecule is COC(=O)CC1CCCCN1C(=O)CCn1ccnn1. The number of aryl methyl sites for hydroxylation is 1. The van der Waals surface area contributed by atoms with Crippen molar-refractivity contribution in [3.63, 3.8) is 0 Å². The van der Waals surface area contributed by atoms with Gasteiger partial charge >= 0.3 is 5.97 Å². The van der Waals surface area contributed by atoms with Crippen molar-refractivity contribution in [1.29, 1.82) is 0 Å². The number of carbonyl (C=O) groups excluding carboxylic acids is 2. The van der Waals surface area contributed by atoms with Crippen LogP contribution in [0, 0.1) is 0 Å². The van der Waals surface area contributed by atoms with Gasteiger partial charge in [0.05, 0.1) is 26.3 Å². The fourth-order valence-electron chi connectivity index (χ4n) is 2.52. The highest BCUT2D eigenvalue weighted by Gasteiger charge is 2.28. The first-order valence-electron chi connectivity index (χ1n) is 6.91. The number of likely N-dealkylation sites (tertiary alicyclic amines) is 1. The molecule has 0 radical (unpaired) electrons. The van der Waals surface area contributed by atoms with E-state index in [-0.39, 0.29) is 24.3 Å². The molecule has 1 aromatic rings. The molecule has 7 heteroatoms. The molecule has 7 nitrogen and oxygen atoms in total. The van der Waals surface area contributed by atoms with Crippen LogP contribution in [0.2, 0.25) is 0 Å². The summed E-state index contributed by atoms with van der Waals surface area (Å²) in [7, 11) is 1.38. The van der Waals surface area contributed by atoms with Crippen LogP contribution in [0.5, 0.6) is 0 Å². The molecule has 1 unspecified atom stereocenters. The molecule has 1 aromatic heterocycles. The van der Waals surface area contributed by atoms with E-state index in [9.17, 15) is 9.59 Å². The fourth-order valence-corrected chi connectivity index (χ4v) is 2.52. The molecular weight excluding hydrogens is 260 g/mol. The molecule has 20 heavy (non-hydrogen) atoms. The number of hydrogen-bond acceptors (Lipinski definition) is 5. The van der Waals surface area contributed by atoms with Crippen molar-refractivity contribution in [2.75, 3.05) is 13.7 Å². The number of esters is 1. The summed E-state index contributed by atoms with van der Waals surface area (Å²) in [5.74, 6) is -0.194. The zero-order valence-corrected chi connectivity index (χ0v) is 11.7. The lowest BCUT2D eigenvalue weighted by atomic mass is 9.99. The third-order valence-electron chi connectivity index (χ3n) is 3.60. The minimum atomic E-state index is -0.258. The van der Waals surface area contributed by atoms with E-state index in [0.29, 0.717) is 13.0 Å². The Balaban J connectivity index is 1.89. The summed E-state index contributed by atoms with van der Waals surface area (Å²) in [6.45, 7) is 1.23. The quantitative estimate of drug-likeness (QED) is 0.739. The van der Waals surface area contributed by atoms with Gasteiger partial charge in [0, 0.05) is 25.2 Å². The van der Waals surface area contributed by atoms with E-state index in [1.165, 1.54) is 7.11 Å². The van der Waals surface area contributed by atoms with E-state index in [1.54, 1.807) is 17.1 Å². The van der Waals surface area contributed by atoms with E-state index in [1.807, 2.05) is 4.90 Å². The zero-order chi connectivity index (χ0) is 14.4. The average molecular weight is 280 g/mol. The third-order valence-corrected chi connectivity index (χ3v) is 3.60. The Morgan fingerprint density at radius 3 is 2.95 bits per heavy atom. The second kappa shape index (κ2) is 7.02. The standard InChI is InChI=1S/C13H20N4O3/c1-20-13(19)10-11-4-2-3-7-17(11)12(18)5-8-16-9-6-14-15-16/h6,9,11H,2-5,7-8,10H2,1H3. The first-order chi connectivity index (χ1) is 9.70. The summed E-state index contributed by atoms with van der Waals surface area (Å²) in [6, 6.07) is -0.0283. The number of carbonyl (C=O) groups is 2. The number of amides is 1. The molecule has 1 aliphatic rings. The molecule has 1 atom stereocenters. The van der Waals surface area contributed by atoms with Crippen molar-refractivity contribution in [1.82, 2.24) is 19.9 Å². The highest BCUT2D eigenvalue weighted by atomic mass is 16.5. The zero-order valence-electron chi connectivity index (χ0n) is 11.7. The van der Waals surface area contributed by atoms with E-state index < -0.39 is 0 Å². The summed E-state index contributed by atoms with van der Waals surface area (Å²) in [4.78, 5) is 25.5. The van der Waals surface area contributed by atoms with Gasteiger partial charge in [-0.25, -0.2) is 0 Å². The molecule has 0 aromatic carbocycles. The van der Waals surface area contributed by atoms with Crippen molar-refractivity contribution >= 4 is 11.9 Å². The maximum atomic E-state index is 12.3. The summed E-state index contributed by atoms with van der Waals surface area (Å²) < 4.78 is 6.34. The van der Waals surface area contributed by atoms with E-state index in [0.717, 1.165) is 25.8 Å². The molecule has 0 spiro atoms. The monoisotopic (exact) mass is 280 g/mol. The predicted octanol–water partition coefficient (Wildman–Crippen LogP) is 0.612. The summed E-state index contributed by atoms with van der Waals surface area (Å²) in [6.07, 6.45) is 6.89. The second-order valence-corrected chi connectivity index (χ2v) is 4.93. The molecule has 110 valence electrons. The van der Waals surface area contributed by atoms with Crippen LogP contribution in [0.3, 0.4) is 0 Å². The van der Waals surface area contributed by atoms with Gasteiger partial charge in [0.1, 0.15) is 0 Å². The Labute approximate surface area is 117 Å². The van der Waals surface area contributed by atoms with Crippen molar-refractivity contribution in [3.8, 4) is 0 Å². The van der Waals surface area contributed by atoms with Gasteiger partial charge in [-0.3, -0.25) is 14.3 Å². The van der Waals surface area contributed by atoms with Crippen LogP contribution in [-0.4, -0.2) is 51.5 Å². The minimum Gasteiger partial charge on any atom is -0.469 e. The van der Waals surface area contributed by atoms with Crippen LogP contribution in [0.1, 0.15) is 32.1 Å². The number of rotatable bonds is 5. The smallest absolute Gasteiger partial charge is 0.307 e. The van der Waals surface area contributed by atoms with Gasteiger partial charge < -0.3 is 9.64 Å². The van der Waals surface area contributed by atoms with Crippen LogP contribution < -0.4 is 0 Å². The lowest BCUT2D eigenvalue weighted by molar-refractivity contribution is -0.144. The van der Waals surface area contributed by atoms with Crippen LogP contribution in [0.4, 0.5) is 0 Å². The van der Waals surface area contributed by atoms with Gasteiger partial charge in [-0.15, -0.1) is 5.10 Å². The molecule has 0 N–H and O–H groups in total. The third kappa shape index (κ3) is 3.79. The molecule has 1 fully saturated rings. The molecule has 1 saturated heterocycles. The van der Waals surface area contributed by atoms with Gasteiger partial charge in [0.2, 0.25) is 5.91 Å². The fraction of sp³-hybridized carbons (Fsp3) is 0.692.